The second kappa shape index (κ2) is 5.26. The van der Waals surface area contributed by atoms with E-state index in [0.717, 1.165) is 5.82 Å². The third-order valence-electron chi connectivity index (χ3n) is 3.18. The number of carbonyl (C=O) groups excluding carboxylic acids is 1. The number of rotatable bonds is 3. The van der Waals surface area contributed by atoms with Crippen molar-refractivity contribution in [1.82, 2.24) is 9.29 Å². The molecule has 19 heavy (non-hydrogen) atoms. The summed E-state index contributed by atoms with van der Waals surface area (Å²) in [5.41, 5.74) is 0.621. The highest BCUT2D eigenvalue weighted by atomic mass is 32.2. The lowest BCUT2D eigenvalue weighted by atomic mass is 10.2. The highest BCUT2D eigenvalue weighted by Gasteiger charge is 2.24. The largest absolute Gasteiger partial charge is 0.354 e. The third-order valence-corrected chi connectivity index (χ3v) is 4.49. The SMILES string of the molecule is CC(=O)c1ccnc(N2CCN(S(C)(=O)=O)CC2)c1. The zero-order chi connectivity index (χ0) is 14.0. The van der Waals surface area contributed by atoms with Crippen molar-refractivity contribution in [3.8, 4) is 0 Å². The second-order valence-electron chi connectivity index (χ2n) is 4.61. The van der Waals surface area contributed by atoms with Gasteiger partial charge >= 0.3 is 0 Å². The van der Waals surface area contributed by atoms with Crippen molar-refractivity contribution in [3.63, 3.8) is 0 Å². The molecule has 0 radical (unpaired) electrons. The Hall–Kier alpha value is -1.47. The monoisotopic (exact) mass is 283 g/mol. The minimum Gasteiger partial charge on any atom is -0.354 e. The van der Waals surface area contributed by atoms with Crippen LogP contribution in [0.5, 0.6) is 0 Å². The molecular formula is C12H17N3O3S. The van der Waals surface area contributed by atoms with E-state index in [1.54, 1.807) is 18.3 Å². The fourth-order valence-electron chi connectivity index (χ4n) is 2.06. The summed E-state index contributed by atoms with van der Waals surface area (Å²) in [4.78, 5) is 17.6. The molecule has 1 fully saturated rings. The van der Waals surface area contributed by atoms with Crippen LogP contribution in [0, 0.1) is 0 Å². The molecule has 0 saturated carbocycles. The molecule has 7 heteroatoms. The molecule has 0 N–H and O–H groups in total. The molecule has 1 aromatic heterocycles. The predicted octanol–water partition coefficient (Wildman–Crippen LogP) is 0.366. The van der Waals surface area contributed by atoms with Crippen LogP contribution in [0.3, 0.4) is 0 Å². The first-order valence-corrected chi connectivity index (χ1v) is 7.90. The van der Waals surface area contributed by atoms with E-state index in [1.165, 1.54) is 17.5 Å². The van der Waals surface area contributed by atoms with Crippen molar-refractivity contribution < 1.29 is 13.2 Å². The number of nitrogens with zero attached hydrogens (tertiary/aromatic N) is 3. The molecule has 0 aliphatic carbocycles. The van der Waals surface area contributed by atoms with E-state index in [-0.39, 0.29) is 5.78 Å². The van der Waals surface area contributed by atoms with Crippen LogP contribution < -0.4 is 4.90 Å². The van der Waals surface area contributed by atoms with Crippen LogP contribution in [-0.2, 0) is 10.0 Å². The fraction of sp³-hybridized carbons (Fsp3) is 0.500. The maximum atomic E-state index is 11.4. The molecule has 1 aliphatic heterocycles. The number of anilines is 1. The number of sulfonamides is 1. The Labute approximate surface area is 113 Å². The molecule has 0 amide bonds. The maximum absolute atomic E-state index is 11.4. The number of pyridine rings is 1. The summed E-state index contributed by atoms with van der Waals surface area (Å²) in [7, 11) is -3.12. The van der Waals surface area contributed by atoms with Gasteiger partial charge in [-0.05, 0) is 19.1 Å². The van der Waals surface area contributed by atoms with Crippen LogP contribution in [0.15, 0.2) is 18.3 Å². The lowest BCUT2D eigenvalue weighted by Gasteiger charge is -2.34. The molecule has 0 spiro atoms. The Morgan fingerprint density at radius 3 is 2.42 bits per heavy atom. The van der Waals surface area contributed by atoms with Gasteiger partial charge in [-0.25, -0.2) is 13.4 Å². The van der Waals surface area contributed by atoms with Gasteiger partial charge in [0.1, 0.15) is 5.82 Å². The van der Waals surface area contributed by atoms with Crippen molar-refractivity contribution in [3.05, 3.63) is 23.9 Å². The molecule has 1 aliphatic rings. The minimum atomic E-state index is -3.12. The van der Waals surface area contributed by atoms with E-state index in [0.29, 0.717) is 31.7 Å². The molecule has 0 atom stereocenters. The van der Waals surface area contributed by atoms with Gasteiger partial charge in [0, 0.05) is 37.9 Å². The van der Waals surface area contributed by atoms with Gasteiger partial charge in [0.05, 0.1) is 6.26 Å². The van der Waals surface area contributed by atoms with Crippen LogP contribution in [0.1, 0.15) is 17.3 Å². The average Bonchev–Trinajstić information content (AvgIpc) is 2.38. The van der Waals surface area contributed by atoms with Crippen molar-refractivity contribution in [2.45, 2.75) is 6.92 Å². The Morgan fingerprint density at radius 2 is 1.89 bits per heavy atom. The number of Topliss-reactive ketones (excluding diaryl/α,β-unsaturated/α-hetero) is 1. The fourth-order valence-corrected chi connectivity index (χ4v) is 2.89. The van der Waals surface area contributed by atoms with Crippen molar-refractivity contribution in [2.24, 2.45) is 0 Å². The Kier molecular flexibility index (Phi) is 3.86. The maximum Gasteiger partial charge on any atom is 0.211 e. The van der Waals surface area contributed by atoms with Gasteiger partial charge in [0.2, 0.25) is 10.0 Å². The summed E-state index contributed by atoms with van der Waals surface area (Å²) in [6.45, 7) is 3.58. The second-order valence-corrected chi connectivity index (χ2v) is 6.59. The Morgan fingerprint density at radius 1 is 1.26 bits per heavy atom. The zero-order valence-corrected chi connectivity index (χ0v) is 11.9. The highest BCUT2D eigenvalue weighted by Crippen LogP contribution is 2.16. The van der Waals surface area contributed by atoms with Gasteiger partial charge in [-0.1, -0.05) is 0 Å². The number of ketones is 1. The molecule has 0 unspecified atom stereocenters. The predicted molar refractivity (Wildman–Crippen MR) is 72.9 cm³/mol. The lowest BCUT2D eigenvalue weighted by Crippen LogP contribution is -2.48. The van der Waals surface area contributed by atoms with Crippen LogP contribution in [0.25, 0.3) is 0 Å². The number of hydrogen-bond donors (Lipinski definition) is 0. The first-order valence-electron chi connectivity index (χ1n) is 6.05. The van der Waals surface area contributed by atoms with E-state index in [1.807, 2.05) is 4.90 Å². The summed E-state index contributed by atoms with van der Waals surface area (Å²) >= 11 is 0. The van der Waals surface area contributed by atoms with E-state index in [4.69, 9.17) is 0 Å². The smallest absolute Gasteiger partial charge is 0.211 e. The molecular weight excluding hydrogens is 266 g/mol. The molecule has 104 valence electrons. The van der Waals surface area contributed by atoms with E-state index in [2.05, 4.69) is 4.98 Å². The minimum absolute atomic E-state index is 0.00146. The van der Waals surface area contributed by atoms with E-state index < -0.39 is 10.0 Å². The van der Waals surface area contributed by atoms with E-state index >= 15 is 0 Å². The number of hydrogen-bond acceptors (Lipinski definition) is 5. The van der Waals surface area contributed by atoms with Crippen molar-refractivity contribution >= 4 is 21.6 Å². The number of aromatic nitrogens is 1. The Balaban J connectivity index is 2.10. The first-order chi connectivity index (χ1) is 8.88. The van der Waals surface area contributed by atoms with Gasteiger partial charge in [-0.3, -0.25) is 4.79 Å². The molecule has 2 rings (SSSR count). The van der Waals surface area contributed by atoms with Crippen molar-refractivity contribution in [1.29, 1.82) is 0 Å². The zero-order valence-electron chi connectivity index (χ0n) is 11.0. The molecule has 0 bridgehead atoms. The molecule has 2 heterocycles. The number of carbonyl (C=O) groups is 1. The van der Waals surface area contributed by atoms with Gasteiger partial charge in [-0.2, -0.15) is 4.31 Å². The standard InChI is InChI=1S/C12H17N3O3S/c1-10(16)11-3-4-13-12(9-11)14-5-7-15(8-6-14)19(2,17)18/h3-4,9H,5-8H2,1-2H3. The summed E-state index contributed by atoms with van der Waals surface area (Å²) in [6.07, 6.45) is 2.83. The lowest BCUT2D eigenvalue weighted by molar-refractivity contribution is 0.101. The topological polar surface area (TPSA) is 70.6 Å². The van der Waals surface area contributed by atoms with Crippen LogP contribution in [0.4, 0.5) is 5.82 Å². The normalized spacial score (nSPS) is 17.5. The Bertz CT molecular complexity index is 578. The molecule has 0 aromatic carbocycles. The third kappa shape index (κ3) is 3.30. The quantitative estimate of drug-likeness (QED) is 0.749. The van der Waals surface area contributed by atoms with Crippen LogP contribution in [-0.4, -0.2) is 55.9 Å². The summed E-state index contributed by atoms with van der Waals surface area (Å²) < 4.78 is 24.3. The summed E-state index contributed by atoms with van der Waals surface area (Å²) in [5, 5.41) is 0. The van der Waals surface area contributed by atoms with Crippen LogP contribution in [0.2, 0.25) is 0 Å². The van der Waals surface area contributed by atoms with Gasteiger partial charge in [-0.15, -0.1) is 0 Å². The molecule has 1 saturated heterocycles. The molecule has 6 nitrogen and oxygen atoms in total. The highest BCUT2D eigenvalue weighted by molar-refractivity contribution is 7.88. The summed E-state index contributed by atoms with van der Waals surface area (Å²) in [5.74, 6) is 0.722. The van der Waals surface area contributed by atoms with Gasteiger partial charge in [0.25, 0.3) is 0 Å². The van der Waals surface area contributed by atoms with Crippen LogP contribution >= 0.6 is 0 Å². The van der Waals surface area contributed by atoms with Crippen molar-refractivity contribution in [2.75, 3.05) is 37.3 Å². The molecule has 1 aromatic rings. The average molecular weight is 283 g/mol. The first kappa shape index (κ1) is 14.0. The summed E-state index contributed by atoms with van der Waals surface area (Å²) in [6, 6.07) is 3.43. The van der Waals surface area contributed by atoms with E-state index in [9.17, 15) is 13.2 Å². The number of piperazine rings is 1. The van der Waals surface area contributed by atoms with Gasteiger partial charge in [0.15, 0.2) is 5.78 Å². The van der Waals surface area contributed by atoms with Gasteiger partial charge < -0.3 is 4.90 Å².